The van der Waals surface area contributed by atoms with Gasteiger partial charge in [-0.1, -0.05) is 29.3 Å². The van der Waals surface area contributed by atoms with Gasteiger partial charge >= 0.3 is 0 Å². The van der Waals surface area contributed by atoms with Gasteiger partial charge in [0.05, 0.1) is 17.5 Å². The second kappa shape index (κ2) is 9.11. The molecule has 0 N–H and O–H groups in total. The molecule has 0 aliphatic rings. The average Bonchev–Trinajstić information content (AvgIpc) is 2.60. The summed E-state index contributed by atoms with van der Waals surface area (Å²) in [5, 5.41) is 9.62. The highest BCUT2D eigenvalue weighted by atomic mass is 35.5. The van der Waals surface area contributed by atoms with Crippen molar-refractivity contribution in [1.29, 1.82) is 5.26 Å². The van der Waals surface area contributed by atoms with Crippen LogP contribution in [0.2, 0.25) is 10.0 Å². The molecule has 1 aromatic carbocycles. The summed E-state index contributed by atoms with van der Waals surface area (Å²) in [7, 11) is 0. The van der Waals surface area contributed by atoms with Gasteiger partial charge in [-0.3, -0.25) is 9.78 Å². The fourth-order valence-electron chi connectivity index (χ4n) is 2.01. The summed E-state index contributed by atoms with van der Waals surface area (Å²) in [6, 6.07) is 10.5. The minimum atomic E-state index is -0.245. The van der Waals surface area contributed by atoms with Crippen LogP contribution >= 0.6 is 23.2 Å². The van der Waals surface area contributed by atoms with Gasteiger partial charge in [0.25, 0.3) is 5.91 Å². The third-order valence-corrected chi connectivity index (χ3v) is 3.73. The lowest BCUT2D eigenvalue weighted by Gasteiger charge is -2.22. The van der Waals surface area contributed by atoms with Crippen LogP contribution in [0.15, 0.2) is 42.7 Å². The van der Waals surface area contributed by atoms with Crippen molar-refractivity contribution in [3.63, 3.8) is 0 Å². The topological polar surface area (TPSA) is 66.2 Å². The molecule has 24 heavy (non-hydrogen) atoms. The zero-order valence-corrected chi connectivity index (χ0v) is 14.3. The maximum atomic E-state index is 12.4. The van der Waals surface area contributed by atoms with Crippen molar-refractivity contribution >= 4 is 29.1 Å². The van der Waals surface area contributed by atoms with Crippen molar-refractivity contribution < 1.29 is 9.53 Å². The molecule has 7 heteroatoms. The molecule has 5 nitrogen and oxygen atoms in total. The van der Waals surface area contributed by atoms with Crippen LogP contribution in [0.4, 0.5) is 0 Å². The summed E-state index contributed by atoms with van der Waals surface area (Å²) >= 11 is 11.9. The lowest BCUT2D eigenvalue weighted by Crippen LogP contribution is -2.35. The van der Waals surface area contributed by atoms with Crippen molar-refractivity contribution in [3.05, 3.63) is 58.3 Å². The van der Waals surface area contributed by atoms with E-state index in [0.717, 1.165) is 5.56 Å². The second-order valence-electron chi connectivity index (χ2n) is 4.95. The summed E-state index contributed by atoms with van der Waals surface area (Å²) < 4.78 is 5.47. The first-order valence-corrected chi connectivity index (χ1v) is 7.97. The van der Waals surface area contributed by atoms with Crippen molar-refractivity contribution in [1.82, 2.24) is 9.88 Å². The number of ether oxygens (including phenoxy) is 1. The van der Waals surface area contributed by atoms with Crippen molar-refractivity contribution in [2.24, 2.45) is 0 Å². The summed E-state index contributed by atoms with van der Waals surface area (Å²) in [6.45, 7) is 0.490. The molecular formula is C17H15Cl2N3O2. The first kappa shape index (κ1) is 18.1. The lowest BCUT2D eigenvalue weighted by atomic mass is 10.2. The van der Waals surface area contributed by atoms with Gasteiger partial charge in [-0.05, 0) is 23.8 Å². The van der Waals surface area contributed by atoms with Crippen molar-refractivity contribution in [3.8, 4) is 11.8 Å². The molecule has 0 saturated carbocycles. The van der Waals surface area contributed by atoms with E-state index in [1.807, 2.05) is 12.1 Å². The highest BCUT2D eigenvalue weighted by molar-refractivity contribution is 6.34. The first-order valence-electron chi connectivity index (χ1n) is 7.21. The Kier molecular flexibility index (Phi) is 6.86. The van der Waals surface area contributed by atoms with Crippen LogP contribution in [0.25, 0.3) is 0 Å². The van der Waals surface area contributed by atoms with Crippen LogP contribution in [0.1, 0.15) is 12.0 Å². The van der Waals surface area contributed by atoms with Gasteiger partial charge in [-0.2, -0.15) is 5.26 Å². The summed E-state index contributed by atoms with van der Waals surface area (Å²) in [5.74, 6) is 0.101. The van der Waals surface area contributed by atoms with E-state index in [1.54, 1.807) is 41.6 Å². The highest BCUT2D eigenvalue weighted by Gasteiger charge is 2.15. The fraction of sp³-hybridized carbons (Fsp3) is 0.235. The predicted molar refractivity (Wildman–Crippen MR) is 91.8 cm³/mol. The van der Waals surface area contributed by atoms with Crippen LogP contribution in [0.3, 0.4) is 0 Å². The van der Waals surface area contributed by atoms with E-state index < -0.39 is 0 Å². The Morgan fingerprint density at radius 3 is 2.88 bits per heavy atom. The average molecular weight is 364 g/mol. The maximum Gasteiger partial charge on any atom is 0.260 e. The van der Waals surface area contributed by atoms with E-state index in [9.17, 15) is 4.79 Å². The summed E-state index contributed by atoms with van der Waals surface area (Å²) in [5.41, 5.74) is 0.879. The first-order chi connectivity index (χ1) is 11.6. The van der Waals surface area contributed by atoms with Crippen LogP contribution in [0.5, 0.6) is 5.75 Å². The maximum absolute atomic E-state index is 12.4. The van der Waals surface area contributed by atoms with E-state index in [0.29, 0.717) is 28.9 Å². The van der Waals surface area contributed by atoms with E-state index in [2.05, 4.69) is 4.98 Å². The Hall–Kier alpha value is -2.29. The predicted octanol–water partition coefficient (Wildman–Crippen LogP) is 3.71. The third kappa shape index (κ3) is 5.41. The zero-order chi connectivity index (χ0) is 17.4. The number of hydrogen-bond donors (Lipinski definition) is 0. The van der Waals surface area contributed by atoms with Crippen molar-refractivity contribution in [2.75, 3.05) is 13.2 Å². The summed E-state index contributed by atoms with van der Waals surface area (Å²) in [6.07, 6.45) is 3.58. The molecule has 0 fully saturated rings. The molecular weight excluding hydrogens is 349 g/mol. The number of pyridine rings is 1. The Labute approximate surface area is 150 Å². The fourth-order valence-corrected chi connectivity index (χ4v) is 2.34. The molecule has 124 valence electrons. The number of hydrogen-bond acceptors (Lipinski definition) is 4. The van der Waals surface area contributed by atoms with Crippen LogP contribution < -0.4 is 4.74 Å². The second-order valence-corrected chi connectivity index (χ2v) is 5.79. The van der Waals surface area contributed by atoms with Crippen LogP contribution in [-0.2, 0) is 11.3 Å². The van der Waals surface area contributed by atoms with E-state index in [-0.39, 0.29) is 18.9 Å². The smallest absolute Gasteiger partial charge is 0.260 e. The Morgan fingerprint density at radius 1 is 1.33 bits per heavy atom. The number of carbonyl (C=O) groups excluding carboxylic acids is 1. The quantitative estimate of drug-likeness (QED) is 0.751. The molecule has 0 spiro atoms. The van der Waals surface area contributed by atoms with Crippen LogP contribution in [0, 0.1) is 11.3 Å². The molecule has 0 aliphatic carbocycles. The van der Waals surface area contributed by atoms with Gasteiger partial charge in [0.15, 0.2) is 6.61 Å². The molecule has 0 saturated heterocycles. The molecule has 1 aromatic heterocycles. The normalized spacial score (nSPS) is 10.0. The highest BCUT2D eigenvalue weighted by Crippen LogP contribution is 2.27. The number of aromatic nitrogens is 1. The van der Waals surface area contributed by atoms with Gasteiger partial charge in [0, 0.05) is 36.6 Å². The summed E-state index contributed by atoms with van der Waals surface area (Å²) in [4.78, 5) is 18.0. The molecule has 0 bridgehead atoms. The number of nitriles is 1. The largest absolute Gasteiger partial charge is 0.482 e. The van der Waals surface area contributed by atoms with Gasteiger partial charge in [-0.25, -0.2) is 0 Å². The SMILES string of the molecule is N#CCCN(Cc1cccnc1)C(=O)COc1cc(Cl)ccc1Cl. The number of amides is 1. The van der Waals surface area contributed by atoms with E-state index in [1.165, 1.54) is 0 Å². The van der Waals surface area contributed by atoms with E-state index in [4.69, 9.17) is 33.2 Å². The number of carbonyl (C=O) groups is 1. The molecule has 0 atom stereocenters. The molecule has 0 aliphatic heterocycles. The van der Waals surface area contributed by atoms with Gasteiger partial charge < -0.3 is 9.64 Å². The van der Waals surface area contributed by atoms with Gasteiger partial charge in [0.2, 0.25) is 0 Å². The van der Waals surface area contributed by atoms with Crippen molar-refractivity contribution in [2.45, 2.75) is 13.0 Å². The number of benzene rings is 1. The Bertz CT molecular complexity index is 732. The number of halogens is 2. The van der Waals surface area contributed by atoms with Gasteiger partial charge in [-0.15, -0.1) is 0 Å². The standard InChI is InChI=1S/C17H15Cl2N3O2/c18-14-4-5-15(19)16(9-14)24-12-17(23)22(8-2-6-20)11-13-3-1-7-21-10-13/h1,3-5,7,9-10H,2,8,11-12H2. The lowest BCUT2D eigenvalue weighted by molar-refractivity contribution is -0.133. The minimum absolute atomic E-state index is 0.189. The van der Waals surface area contributed by atoms with Gasteiger partial charge in [0.1, 0.15) is 5.75 Å². The third-order valence-electron chi connectivity index (χ3n) is 3.19. The monoisotopic (exact) mass is 363 g/mol. The molecule has 2 aromatic rings. The Morgan fingerprint density at radius 2 is 2.17 bits per heavy atom. The van der Waals surface area contributed by atoms with Crippen LogP contribution in [-0.4, -0.2) is 28.9 Å². The number of nitrogens with zero attached hydrogens (tertiary/aromatic N) is 3. The molecule has 1 amide bonds. The molecule has 2 rings (SSSR count). The molecule has 1 heterocycles. The van der Waals surface area contributed by atoms with E-state index >= 15 is 0 Å². The number of rotatable bonds is 7. The Balaban J connectivity index is 2.01. The zero-order valence-electron chi connectivity index (χ0n) is 12.8. The minimum Gasteiger partial charge on any atom is -0.482 e. The molecule has 0 radical (unpaired) electrons. The molecule has 0 unspecified atom stereocenters.